The summed E-state index contributed by atoms with van der Waals surface area (Å²) in [5.74, 6) is 3.09. The second-order valence-electron chi connectivity index (χ2n) is 14.3. The summed E-state index contributed by atoms with van der Waals surface area (Å²) in [7, 11) is 0. The summed E-state index contributed by atoms with van der Waals surface area (Å²) in [5, 5.41) is 4.05. The fourth-order valence-corrected chi connectivity index (χ4v) is 8.17. The van der Waals surface area contributed by atoms with E-state index in [0.717, 1.165) is 77.4 Å². The van der Waals surface area contributed by atoms with Crippen LogP contribution >= 0.6 is 22.7 Å². The van der Waals surface area contributed by atoms with Crippen LogP contribution in [0.1, 0.15) is 52.7 Å². The van der Waals surface area contributed by atoms with Gasteiger partial charge in [0.15, 0.2) is 23.0 Å². The number of hydrogen-bond donors (Lipinski definition) is 0. The van der Waals surface area contributed by atoms with Crippen LogP contribution < -0.4 is 18.9 Å². The molecule has 48 heavy (non-hydrogen) atoms. The zero-order chi connectivity index (χ0) is 33.2. The molecule has 3 aromatic carbocycles. The average Bonchev–Trinajstić information content (AvgIpc) is 3.71. The molecule has 0 saturated heterocycles. The molecule has 0 N–H and O–H groups in total. The Hall–Kier alpha value is -4.40. The molecule has 6 nitrogen and oxygen atoms in total. The summed E-state index contributed by atoms with van der Waals surface area (Å²) >= 11 is 3.22. The van der Waals surface area contributed by atoms with Crippen LogP contribution in [0.5, 0.6) is 23.0 Å². The summed E-state index contributed by atoms with van der Waals surface area (Å²) < 4.78 is 24.2. The highest BCUT2D eigenvalue weighted by atomic mass is 32.1. The highest BCUT2D eigenvalue weighted by Gasteiger charge is 2.28. The minimum atomic E-state index is 0.0350. The summed E-state index contributed by atoms with van der Waals surface area (Å²) in [6.45, 7) is 15.5. The minimum Gasteiger partial charge on any atom is -0.485 e. The first kappa shape index (κ1) is 30.9. The molecule has 2 aliphatic rings. The predicted octanol–water partition coefficient (Wildman–Crippen LogP) is 10.6. The monoisotopic (exact) mass is 674 g/mol. The lowest BCUT2D eigenvalue weighted by molar-refractivity contribution is 0.174. The molecular weight excluding hydrogens is 637 g/mol. The molecule has 0 aliphatic carbocycles. The van der Waals surface area contributed by atoms with Crippen LogP contribution in [-0.4, -0.2) is 36.4 Å². The molecule has 0 spiro atoms. The first-order valence-electron chi connectivity index (χ1n) is 16.4. The van der Waals surface area contributed by atoms with Crippen molar-refractivity contribution in [2.45, 2.75) is 52.4 Å². The number of nitrogens with zero attached hydrogens (tertiary/aromatic N) is 2. The molecule has 2 aliphatic heterocycles. The maximum Gasteiger partial charge on any atom is 0.180 e. The normalized spacial score (nSPS) is 14.4. The maximum absolute atomic E-state index is 6.17. The number of thiophene rings is 2. The lowest BCUT2D eigenvalue weighted by Crippen LogP contribution is -2.14. The smallest absolute Gasteiger partial charge is 0.180 e. The van der Waals surface area contributed by atoms with Crippen LogP contribution in [0.3, 0.4) is 0 Å². The standard InChI is InChI=1S/C40H38N2O4S2/c1-39(2,3)25-11-7-23(8-12-25)31-32(24-9-13-26(14-10-24)40(4,5)6)42-34-28(38-36-30(22-48-38)44-18-20-46-36)16-15-27(33(34)41-31)37-35-29(21-47-37)43-17-19-45-35/h7-16,21-22H,17-20H2,1-6H3. The van der Waals surface area contributed by atoms with Gasteiger partial charge in [-0.1, -0.05) is 102 Å². The van der Waals surface area contributed by atoms with Crippen molar-refractivity contribution in [2.24, 2.45) is 0 Å². The molecule has 5 heterocycles. The van der Waals surface area contributed by atoms with Crippen molar-refractivity contribution >= 4 is 33.7 Å². The van der Waals surface area contributed by atoms with Crippen molar-refractivity contribution in [3.63, 3.8) is 0 Å². The number of hydrogen-bond acceptors (Lipinski definition) is 8. The molecule has 0 atom stereocenters. The molecule has 244 valence electrons. The Morgan fingerprint density at radius 3 is 1.25 bits per heavy atom. The van der Waals surface area contributed by atoms with Crippen LogP contribution in [0.2, 0.25) is 0 Å². The van der Waals surface area contributed by atoms with Crippen LogP contribution in [0.15, 0.2) is 71.4 Å². The Kier molecular flexibility index (Phi) is 7.49. The van der Waals surface area contributed by atoms with Crippen molar-refractivity contribution in [2.75, 3.05) is 26.4 Å². The van der Waals surface area contributed by atoms with Crippen LogP contribution in [0.25, 0.3) is 54.4 Å². The number of rotatable bonds is 4. The first-order valence-corrected chi connectivity index (χ1v) is 18.1. The zero-order valence-corrected chi connectivity index (χ0v) is 29.7. The van der Waals surface area contributed by atoms with Gasteiger partial charge < -0.3 is 18.9 Å². The quantitative estimate of drug-likeness (QED) is 0.185. The van der Waals surface area contributed by atoms with Gasteiger partial charge in [0.2, 0.25) is 0 Å². The Morgan fingerprint density at radius 1 is 0.500 bits per heavy atom. The molecule has 8 heteroatoms. The SMILES string of the molecule is CC(C)(C)c1ccc(-c2nc3c(-c4scc5c4OCCO5)ccc(-c4scc5c4OCCO5)c3nc2-c2ccc(C(C)(C)C)cc2)cc1. The van der Waals surface area contributed by atoms with Gasteiger partial charge in [0, 0.05) is 33.0 Å². The van der Waals surface area contributed by atoms with Crippen LogP contribution in [0, 0.1) is 0 Å². The summed E-state index contributed by atoms with van der Waals surface area (Å²) in [5.41, 5.74) is 9.83. The van der Waals surface area contributed by atoms with Crippen molar-refractivity contribution in [3.8, 4) is 66.4 Å². The minimum absolute atomic E-state index is 0.0350. The fourth-order valence-electron chi connectivity index (χ4n) is 6.26. The van der Waals surface area contributed by atoms with Gasteiger partial charge in [-0.05, 0) is 22.0 Å². The Bertz CT molecular complexity index is 2000. The molecule has 0 amide bonds. The molecular formula is C40H38N2O4S2. The molecule has 3 aromatic heterocycles. The molecule has 0 radical (unpaired) electrons. The van der Waals surface area contributed by atoms with E-state index in [2.05, 4.69) is 102 Å². The highest BCUT2D eigenvalue weighted by molar-refractivity contribution is 7.15. The van der Waals surface area contributed by atoms with Crippen molar-refractivity contribution in [3.05, 3.63) is 82.6 Å². The van der Waals surface area contributed by atoms with Crippen LogP contribution in [-0.2, 0) is 10.8 Å². The summed E-state index contributed by atoms with van der Waals surface area (Å²) in [4.78, 5) is 13.1. The zero-order valence-electron chi connectivity index (χ0n) is 28.1. The number of fused-ring (bicyclic) bond motifs is 3. The van der Waals surface area contributed by atoms with Gasteiger partial charge in [-0.3, -0.25) is 0 Å². The van der Waals surface area contributed by atoms with Gasteiger partial charge in [0.1, 0.15) is 26.4 Å². The Morgan fingerprint density at radius 2 is 0.875 bits per heavy atom. The van der Waals surface area contributed by atoms with E-state index in [-0.39, 0.29) is 10.8 Å². The van der Waals surface area contributed by atoms with Gasteiger partial charge in [-0.2, -0.15) is 0 Å². The lowest BCUT2D eigenvalue weighted by Gasteiger charge is -2.21. The van der Waals surface area contributed by atoms with E-state index in [1.165, 1.54) is 11.1 Å². The number of ether oxygens (including phenoxy) is 4. The van der Waals surface area contributed by atoms with Crippen molar-refractivity contribution < 1.29 is 18.9 Å². The topological polar surface area (TPSA) is 62.7 Å². The third kappa shape index (κ3) is 5.41. The van der Waals surface area contributed by atoms with E-state index in [4.69, 9.17) is 28.9 Å². The van der Waals surface area contributed by atoms with E-state index < -0.39 is 0 Å². The van der Waals surface area contributed by atoms with Gasteiger partial charge in [0.25, 0.3) is 0 Å². The molecule has 8 rings (SSSR count). The second kappa shape index (κ2) is 11.6. The number of aromatic nitrogens is 2. The number of benzene rings is 3. The van der Waals surface area contributed by atoms with Gasteiger partial charge in [-0.25, -0.2) is 9.97 Å². The Balaban J connectivity index is 1.42. The lowest BCUT2D eigenvalue weighted by atomic mass is 9.85. The third-order valence-electron chi connectivity index (χ3n) is 8.96. The first-order chi connectivity index (χ1) is 23.1. The molecule has 0 unspecified atom stereocenters. The van der Waals surface area contributed by atoms with E-state index in [1.807, 2.05) is 10.8 Å². The summed E-state index contributed by atoms with van der Waals surface area (Å²) in [6.07, 6.45) is 0. The molecule has 0 fully saturated rings. The Labute approximate surface area is 289 Å². The van der Waals surface area contributed by atoms with E-state index in [0.29, 0.717) is 26.4 Å². The summed E-state index contributed by atoms with van der Waals surface area (Å²) in [6, 6.07) is 21.8. The maximum atomic E-state index is 6.17. The van der Waals surface area contributed by atoms with Crippen LogP contribution in [0.4, 0.5) is 0 Å². The van der Waals surface area contributed by atoms with Gasteiger partial charge in [0.05, 0.1) is 32.2 Å². The predicted molar refractivity (Wildman–Crippen MR) is 196 cm³/mol. The molecule has 0 saturated carbocycles. The van der Waals surface area contributed by atoms with Gasteiger partial charge >= 0.3 is 0 Å². The van der Waals surface area contributed by atoms with Crippen molar-refractivity contribution in [1.82, 2.24) is 9.97 Å². The second-order valence-corrected chi connectivity index (χ2v) is 16.1. The fraction of sp³-hybridized carbons (Fsp3) is 0.300. The van der Waals surface area contributed by atoms with E-state index in [9.17, 15) is 0 Å². The van der Waals surface area contributed by atoms with E-state index in [1.54, 1.807) is 22.7 Å². The van der Waals surface area contributed by atoms with Crippen molar-refractivity contribution in [1.29, 1.82) is 0 Å². The molecule has 0 bridgehead atoms. The highest BCUT2D eigenvalue weighted by Crippen LogP contribution is 2.51. The largest absolute Gasteiger partial charge is 0.485 e. The van der Waals surface area contributed by atoms with E-state index >= 15 is 0 Å². The average molecular weight is 675 g/mol. The molecule has 6 aromatic rings. The van der Waals surface area contributed by atoms with Gasteiger partial charge in [-0.15, -0.1) is 22.7 Å². The third-order valence-corrected chi connectivity index (χ3v) is 10.9.